The zero-order chi connectivity index (χ0) is 15.5. The summed E-state index contributed by atoms with van der Waals surface area (Å²) in [4.78, 5) is 0. The first-order valence-electron chi connectivity index (χ1n) is 5.87. The van der Waals surface area contributed by atoms with Gasteiger partial charge in [0.2, 0.25) is 0 Å². The van der Waals surface area contributed by atoms with Gasteiger partial charge in [0.15, 0.2) is 0 Å². The first kappa shape index (κ1) is 15.3. The molecule has 0 aromatic heterocycles. The van der Waals surface area contributed by atoms with Crippen molar-refractivity contribution >= 4 is 27.4 Å². The van der Waals surface area contributed by atoms with Crippen LogP contribution < -0.4 is 4.18 Å². The maximum atomic E-state index is 11.0. The third-order valence-electron chi connectivity index (χ3n) is 2.59. The summed E-state index contributed by atoms with van der Waals surface area (Å²) < 4.78 is 26.8. The predicted octanol–water partition coefficient (Wildman–Crippen LogP) is 2.91. The van der Waals surface area contributed by atoms with Crippen LogP contribution in [0.2, 0.25) is 5.02 Å². The van der Waals surface area contributed by atoms with E-state index in [1.54, 1.807) is 36.4 Å². The van der Waals surface area contributed by atoms with Gasteiger partial charge in [-0.15, -0.1) is 0 Å². The molecule has 2 aromatic carbocycles. The predicted molar refractivity (Wildman–Crippen MR) is 80.8 cm³/mol. The van der Waals surface area contributed by atoms with Crippen molar-refractivity contribution in [3.8, 4) is 5.75 Å². The van der Waals surface area contributed by atoms with Crippen molar-refractivity contribution in [2.45, 2.75) is 0 Å². The molecule has 0 atom stereocenters. The Morgan fingerprint density at radius 2 is 1.52 bits per heavy atom. The number of halogens is 1. The van der Waals surface area contributed by atoms with Gasteiger partial charge in [-0.1, -0.05) is 28.9 Å². The monoisotopic (exact) mass is 325 g/mol. The summed E-state index contributed by atoms with van der Waals surface area (Å²) in [5.41, 5.74) is 1.64. The van der Waals surface area contributed by atoms with Gasteiger partial charge in [0.05, 0.1) is 6.26 Å². The summed E-state index contributed by atoms with van der Waals surface area (Å²) in [6, 6.07) is 13.0. The smallest absolute Gasteiger partial charge is 0.306 e. The van der Waals surface area contributed by atoms with Gasteiger partial charge in [0, 0.05) is 16.1 Å². The molecule has 1 N–H and O–H groups in total. The number of hydrogen-bond acceptors (Lipinski definition) is 5. The lowest BCUT2D eigenvalue weighted by atomic mass is 10.0. The Balaban J connectivity index is 2.30. The molecule has 0 radical (unpaired) electrons. The van der Waals surface area contributed by atoms with Crippen LogP contribution in [0, 0.1) is 0 Å². The van der Waals surface area contributed by atoms with Crippen LogP contribution in [-0.2, 0) is 10.1 Å². The number of rotatable bonds is 4. The second-order valence-corrected chi connectivity index (χ2v) is 6.28. The van der Waals surface area contributed by atoms with Crippen LogP contribution in [0.15, 0.2) is 53.7 Å². The molecule has 0 heterocycles. The molecule has 0 aliphatic heterocycles. The summed E-state index contributed by atoms with van der Waals surface area (Å²) in [6.45, 7) is 0. The molecular formula is C14H12ClNO4S. The molecule has 0 spiro atoms. The van der Waals surface area contributed by atoms with E-state index in [0.29, 0.717) is 21.9 Å². The van der Waals surface area contributed by atoms with Gasteiger partial charge >= 0.3 is 10.1 Å². The summed E-state index contributed by atoms with van der Waals surface area (Å²) in [5.74, 6) is 0.189. The highest BCUT2D eigenvalue weighted by molar-refractivity contribution is 7.86. The highest BCUT2D eigenvalue weighted by Gasteiger charge is 2.09. The fourth-order valence-corrected chi connectivity index (χ4v) is 2.32. The van der Waals surface area contributed by atoms with Crippen LogP contribution in [0.5, 0.6) is 5.75 Å². The van der Waals surface area contributed by atoms with Crippen molar-refractivity contribution in [3.05, 3.63) is 64.7 Å². The number of hydrogen-bond donors (Lipinski definition) is 1. The van der Waals surface area contributed by atoms with E-state index in [1.807, 2.05) is 0 Å². The molecule has 0 fully saturated rings. The van der Waals surface area contributed by atoms with Gasteiger partial charge in [-0.25, -0.2) is 0 Å². The SMILES string of the molecule is CS(=O)(=O)Oc1ccc(/C(=N/O)c2ccc(Cl)cc2)cc1. The lowest BCUT2D eigenvalue weighted by Crippen LogP contribution is -2.07. The molecule has 7 heteroatoms. The quantitative estimate of drug-likeness (QED) is 0.406. The lowest BCUT2D eigenvalue weighted by Gasteiger charge is -2.07. The molecule has 0 unspecified atom stereocenters. The second kappa shape index (κ2) is 6.15. The van der Waals surface area contributed by atoms with Crippen LogP contribution in [0.25, 0.3) is 0 Å². The van der Waals surface area contributed by atoms with Crippen LogP contribution in [0.4, 0.5) is 0 Å². The minimum Gasteiger partial charge on any atom is -0.410 e. The Morgan fingerprint density at radius 1 is 1.05 bits per heavy atom. The molecule has 5 nitrogen and oxygen atoms in total. The van der Waals surface area contributed by atoms with E-state index in [0.717, 1.165) is 6.26 Å². The highest BCUT2D eigenvalue weighted by atomic mass is 35.5. The number of oxime groups is 1. The largest absolute Gasteiger partial charge is 0.410 e. The van der Waals surface area contributed by atoms with Gasteiger partial charge < -0.3 is 9.39 Å². The minimum atomic E-state index is -3.57. The molecule has 0 bridgehead atoms. The average molecular weight is 326 g/mol. The third-order valence-corrected chi connectivity index (χ3v) is 3.34. The summed E-state index contributed by atoms with van der Waals surface area (Å²) in [7, 11) is -3.57. The standard InChI is InChI=1S/C14H12ClNO4S/c1-21(18,19)20-13-8-4-11(5-9-13)14(16-17)10-2-6-12(15)7-3-10/h2-9,17H,1H3/b16-14+. The Morgan fingerprint density at radius 3 is 1.95 bits per heavy atom. The molecule has 2 rings (SSSR count). The first-order valence-corrected chi connectivity index (χ1v) is 8.06. The molecule has 0 amide bonds. The van der Waals surface area contributed by atoms with Crippen molar-refractivity contribution in [1.82, 2.24) is 0 Å². The van der Waals surface area contributed by atoms with Crippen LogP contribution in [0.3, 0.4) is 0 Å². The van der Waals surface area contributed by atoms with Crippen molar-refractivity contribution in [2.75, 3.05) is 6.26 Å². The van der Waals surface area contributed by atoms with Crippen molar-refractivity contribution in [1.29, 1.82) is 0 Å². The van der Waals surface area contributed by atoms with Crippen LogP contribution >= 0.6 is 11.6 Å². The van der Waals surface area contributed by atoms with E-state index in [9.17, 15) is 13.6 Å². The van der Waals surface area contributed by atoms with Gasteiger partial charge in [0.1, 0.15) is 11.5 Å². The second-order valence-electron chi connectivity index (χ2n) is 4.27. The molecule has 0 saturated carbocycles. The molecule has 0 aliphatic carbocycles. The Bertz CT molecular complexity index is 753. The zero-order valence-electron chi connectivity index (χ0n) is 11.0. The highest BCUT2D eigenvalue weighted by Crippen LogP contribution is 2.18. The topological polar surface area (TPSA) is 76.0 Å². The Labute approximate surface area is 127 Å². The van der Waals surface area contributed by atoms with Crippen LogP contribution in [-0.4, -0.2) is 25.6 Å². The van der Waals surface area contributed by atoms with Crippen molar-refractivity contribution in [2.24, 2.45) is 5.16 Å². The molecule has 110 valence electrons. The van der Waals surface area contributed by atoms with E-state index < -0.39 is 10.1 Å². The minimum absolute atomic E-state index is 0.189. The van der Waals surface area contributed by atoms with Crippen LogP contribution in [0.1, 0.15) is 11.1 Å². The Kier molecular flexibility index (Phi) is 4.50. The first-order chi connectivity index (χ1) is 9.89. The van der Waals surface area contributed by atoms with E-state index in [2.05, 4.69) is 5.16 Å². The number of nitrogens with zero attached hydrogens (tertiary/aromatic N) is 1. The van der Waals surface area contributed by atoms with Gasteiger partial charge in [-0.2, -0.15) is 8.42 Å². The Hall–Kier alpha value is -2.05. The average Bonchev–Trinajstić information content (AvgIpc) is 2.42. The van der Waals surface area contributed by atoms with Gasteiger partial charge in [-0.3, -0.25) is 0 Å². The van der Waals surface area contributed by atoms with E-state index >= 15 is 0 Å². The fourth-order valence-electron chi connectivity index (χ4n) is 1.73. The van der Waals surface area contributed by atoms with Gasteiger partial charge in [-0.05, 0) is 36.4 Å². The maximum Gasteiger partial charge on any atom is 0.306 e. The number of benzene rings is 2. The van der Waals surface area contributed by atoms with Crippen molar-refractivity contribution in [3.63, 3.8) is 0 Å². The maximum absolute atomic E-state index is 11.0. The lowest BCUT2D eigenvalue weighted by molar-refractivity contribution is 0.319. The molecule has 0 saturated heterocycles. The normalized spacial score (nSPS) is 12.2. The van der Waals surface area contributed by atoms with E-state index in [4.69, 9.17) is 15.8 Å². The summed E-state index contributed by atoms with van der Waals surface area (Å²) in [5, 5.41) is 13.0. The molecule has 2 aromatic rings. The third kappa shape index (κ3) is 4.21. The van der Waals surface area contributed by atoms with Gasteiger partial charge in [0.25, 0.3) is 0 Å². The summed E-state index contributed by atoms with van der Waals surface area (Å²) in [6.07, 6.45) is 0.967. The molecule has 21 heavy (non-hydrogen) atoms. The molecule has 0 aliphatic rings. The van der Waals surface area contributed by atoms with E-state index in [-0.39, 0.29) is 5.75 Å². The van der Waals surface area contributed by atoms with E-state index in [1.165, 1.54) is 12.1 Å². The molecular weight excluding hydrogens is 314 g/mol. The summed E-state index contributed by atoms with van der Waals surface area (Å²) >= 11 is 5.81. The fraction of sp³-hybridized carbons (Fsp3) is 0.0714. The van der Waals surface area contributed by atoms with Crippen molar-refractivity contribution < 1.29 is 17.8 Å². The zero-order valence-corrected chi connectivity index (χ0v) is 12.6.